The fourth-order valence-corrected chi connectivity index (χ4v) is 4.24. The number of ether oxygens (including phenoxy) is 1. The number of hydrogen-bond donors (Lipinski definition) is 1. The van der Waals surface area contributed by atoms with Gasteiger partial charge in [-0.25, -0.2) is 4.79 Å². The molecule has 0 radical (unpaired) electrons. The lowest BCUT2D eigenvalue weighted by atomic mass is 9.85. The van der Waals surface area contributed by atoms with Gasteiger partial charge in [0, 0.05) is 29.9 Å². The van der Waals surface area contributed by atoms with Gasteiger partial charge in [-0.15, -0.1) is 0 Å². The fraction of sp³-hybridized carbons (Fsp3) is 0.269. The molecule has 2 aromatic carbocycles. The van der Waals surface area contributed by atoms with Gasteiger partial charge in [0.2, 0.25) is 0 Å². The first kappa shape index (κ1) is 22.8. The number of amides is 2. The second-order valence-electron chi connectivity index (χ2n) is 8.15. The number of halogens is 1. The fourth-order valence-electron chi connectivity index (χ4n) is 4.11. The summed E-state index contributed by atoms with van der Waals surface area (Å²) >= 11 is 5.96. The number of piperidine rings is 1. The normalized spacial score (nSPS) is 15.0. The summed E-state index contributed by atoms with van der Waals surface area (Å²) in [6, 6.07) is 20.1. The van der Waals surface area contributed by atoms with Gasteiger partial charge < -0.3 is 15.0 Å². The third kappa shape index (κ3) is 5.71. The van der Waals surface area contributed by atoms with Crippen LogP contribution in [0.25, 0.3) is 0 Å². The topological polar surface area (TPSA) is 71.5 Å². The highest BCUT2D eigenvalue weighted by Gasteiger charge is 2.31. The Kier molecular flexibility index (Phi) is 7.25. The van der Waals surface area contributed by atoms with Crippen LogP contribution in [-0.2, 0) is 0 Å². The van der Waals surface area contributed by atoms with Crippen molar-refractivity contribution in [3.63, 3.8) is 0 Å². The lowest BCUT2D eigenvalue weighted by Crippen LogP contribution is -2.44. The van der Waals surface area contributed by atoms with E-state index in [4.69, 9.17) is 16.3 Å². The molecule has 6 nitrogen and oxygen atoms in total. The van der Waals surface area contributed by atoms with E-state index in [0.717, 1.165) is 18.4 Å². The van der Waals surface area contributed by atoms with Crippen molar-refractivity contribution in [2.45, 2.75) is 25.8 Å². The van der Waals surface area contributed by atoms with Gasteiger partial charge in [-0.05, 0) is 67.6 Å². The van der Waals surface area contributed by atoms with Crippen molar-refractivity contribution in [3.05, 3.63) is 94.8 Å². The first-order valence-electron chi connectivity index (χ1n) is 11.0. The summed E-state index contributed by atoms with van der Waals surface area (Å²) < 4.78 is 5.54. The number of benzene rings is 2. The molecule has 1 aliphatic rings. The first-order valence-corrected chi connectivity index (χ1v) is 11.4. The predicted octanol–water partition coefficient (Wildman–Crippen LogP) is 5.43. The summed E-state index contributed by atoms with van der Waals surface area (Å²) in [6.45, 7) is 2.93. The number of nitrogens with zero attached hydrogens (tertiary/aromatic N) is 2. The summed E-state index contributed by atoms with van der Waals surface area (Å²) in [6.07, 6.45) is 2.80. The number of carbonyl (C=O) groups is 2. The Morgan fingerprint density at radius 3 is 2.39 bits per heavy atom. The zero-order chi connectivity index (χ0) is 23.2. The minimum Gasteiger partial charge on any atom is -0.408 e. The third-order valence-electron chi connectivity index (χ3n) is 5.98. The molecule has 4 rings (SSSR count). The quantitative estimate of drug-likeness (QED) is 0.548. The van der Waals surface area contributed by atoms with Crippen molar-refractivity contribution in [2.75, 3.05) is 13.1 Å². The lowest BCUT2D eigenvalue weighted by molar-refractivity contribution is 0.0885. The van der Waals surface area contributed by atoms with Crippen molar-refractivity contribution in [1.82, 2.24) is 15.2 Å². The molecule has 0 saturated carbocycles. The second-order valence-corrected chi connectivity index (χ2v) is 8.58. The number of aryl methyl sites for hydroxylation is 1. The van der Waals surface area contributed by atoms with Crippen LogP contribution in [0.2, 0.25) is 5.02 Å². The van der Waals surface area contributed by atoms with Crippen LogP contribution in [-0.4, -0.2) is 35.0 Å². The Labute approximate surface area is 198 Å². The highest BCUT2D eigenvalue weighted by atomic mass is 35.5. The number of carbonyl (C=O) groups excluding carboxylic acids is 2. The maximum absolute atomic E-state index is 12.9. The Balaban J connectivity index is 1.43. The number of hydrogen-bond acceptors (Lipinski definition) is 4. The Morgan fingerprint density at radius 1 is 1.03 bits per heavy atom. The smallest absolute Gasteiger partial charge is 0.408 e. The molecular weight excluding hydrogens is 438 g/mol. The van der Waals surface area contributed by atoms with Crippen molar-refractivity contribution in [3.8, 4) is 5.75 Å². The molecule has 33 heavy (non-hydrogen) atoms. The highest BCUT2D eigenvalue weighted by Crippen LogP contribution is 2.32. The van der Waals surface area contributed by atoms with Gasteiger partial charge in [0.1, 0.15) is 0 Å². The van der Waals surface area contributed by atoms with Crippen LogP contribution in [0.3, 0.4) is 0 Å². The van der Waals surface area contributed by atoms with E-state index < -0.39 is 0 Å². The SMILES string of the molecule is Cc1ncccc1OC(=O)N1CCC(C(NC(=O)c2ccc(Cl)cc2)c2ccccc2)CC1. The molecule has 1 aliphatic heterocycles. The predicted molar refractivity (Wildman–Crippen MR) is 127 cm³/mol. The van der Waals surface area contributed by atoms with Crippen LogP contribution < -0.4 is 10.1 Å². The zero-order valence-electron chi connectivity index (χ0n) is 18.4. The monoisotopic (exact) mass is 463 g/mol. The molecular formula is C26H26ClN3O3. The minimum atomic E-state index is -0.369. The first-order chi connectivity index (χ1) is 16.0. The van der Waals surface area contributed by atoms with E-state index >= 15 is 0 Å². The molecule has 170 valence electrons. The van der Waals surface area contributed by atoms with Gasteiger partial charge in [-0.3, -0.25) is 9.78 Å². The standard InChI is InChI=1S/C26H26ClN3O3/c1-18-23(8-5-15-28-18)33-26(32)30-16-13-20(14-17-30)24(19-6-3-2-4-7-19)29-25(31)21-9-11-22(27)12-10-21/h2-12,15,20,24H,13-14,16-17H2,1H3,(H,29,31). The van der Waals surface area contributed by atoms with Gasteiger partial charge in [0.25, 0.3) is 5.91 Å². The van der Waals surface area contributed by atoms with Crippen LogP contribution in [0.15, 0.2) is 72.9 Å². The van der Waals surface area contributed by atoms with E-state index in [2.05, 4.69) is 10.3 Å². The molecule has 0 spiro atoms. The largest absolute Gasteiger partial charge is 0.415 e. The molecule has 1 saturated heterocycles. The molecule has 1 unspecified atom stereocenters. The van der Waals surface area contributed by atoms with E-state index in [1.165, 1.54) is 0 Å². The number of nitrogens with one attached hydrogen (secondary N) is 1. The molecule has 1 atom stereocenters. The third-order valence-corrected chi connectivity index (χ3v) is 6.23. The number of aromatic nitrogens is 1. The van der Waals surface area contributed by atoms with Crippen LogP contribution in [0.5, 0.6) is 5.75 Å². The van der Waals surface area contributed by atoms with Crippen molar-refractivity contribution >= 4 is 23.6 Å². The average molecular weight is 464 g/mol. The van der Waals surface area contributed by atoms with Crippen molar-refractivity contribution in [2.24, 2.45) is 5.92 Å². The molecule has 1 N–H and O–H groups in total. The molecule has 7 heteroatoms. The Hall–Kier alpha value is -3.38. The Morgan fingerprint density at radius 2 is 1.73 bits per heavy atom. The summed E-state index contributed by atoms with van der Waals surface area (Å²) in [5.74, 6) is 0.518. The van der Waals surface area contributed by atoms with Gasteiger partial charge >= 0.3 is 6.09 Å². The molecule has 0 aliphatic carbocycles. The summed E-state index contributed by atoms with van der Waals surface area (Å²) in [4.78, 5) is 31.5. The summed E-state index contributed by atoms with van der Waals surface area (Å²) in [5.41, 5.74) is 2.29. The zero-order valence-corrected chi connectivity index (χ0v) is 19.2. The van der Waals surface area contributed by atoms with E-state index in [1.807, 2.05) is 37.3 Å². The van der Waals surface area contributed by atoms with E-state index in [-0.39, 0.29) is 24.0 Å². The number of pyridine rings is 1. The molecule has 3 aromatic rings. The van der Waals surface area contributed by atoms with Crippen LogP contribution in [0.4, 0.5) is 4.79 Å². The highest BCUT2D eigenvalue weighted by molar-refractivity contribution is 6.30. The van der Waals surface area contributed by atoms with Gasteiger partial charge in [0.15, 0.2) is 5.75 Å². The molecule has 1 aromatic heterocycles. The number of likely N-dealkylation sites (tertiary alicyclic amines) is 1. The van der Waals surface area contributed by atoms with Crippen molar-refractivity contribution < 1.29 is 14.3 Å². The Bertz CT molecular complexity index is 1100. The average Bonchev–Trinajstić information content (AvgIpc) is 2.85. The van der Waals surface area contributed by atoms with Crippen LogP contribution in [0, 0.1) is 12.8 Å². The van der Waals surface area contributed by atoms with Gasteiger partial charge in [-0.1, -0.05) is 41.9 Å². The summed E-state index contributed by atoms with van der Waals surface area (Å²) in [7, 11) is 0. The van der Waals surface area contributed by atoms with Gasteiger partial charge in [0.05, 0.1) is 11.7 Å². The molecule has 2 amide bonds. The minimum absolute atomic E-state index is 0.144. The maximum atomic E-state index is 12.9. The molecule has 0 bridgehead atoms. The van der Waals surface area contributed by atoms with E-state index in [9.17, 15) is 9.59 Å². The van der Waals surface area contributed by atoms with E-state index in [1.54, 1.807) is 47.5 Å². The van der Waals surface area contributed by atoms with Crippen LogP contribution >= 0.6 is 11.6 Å². The maximum Gasteiger partial charge on any atom is 0.415 e. The summed E-state index contributed by atoms with van der Waals surface area (Å²) in [5, 5.41) is 3.79. The second kappa shape index (κ2) is 10.5. The van der Waals surface area contributed by atoms with E-state index in [0.29, 0.717) is 35.1 Å². The molecule has 1 fully saturated rings. The number of rotatable bonds is 5. The van der Waals surface area contributed by atoms with Crippen molar-refractivity contribution in [1.29, 1.82) is 0 Å². The van der Waals surface area contributed by atoms with Gasteiger partial charge in [-0.2, -0.15) is 0 Å². The lowest BCUT2D eigenvalue weighted by Gasteiger charge is -2.36. The van der Waals surface area contributed by atoms with Crippen LogP contribution in [0.1, 0.15) is 40.5 Å². The molecule has 2 heterocycles.